The predicted octanol–water partition coefficient (Wildman–Crippen LogP) is 13.3. The average molecular weight is 688 g/mol. The minimum absolute atomic E-state index is 0.875. The van der Waals surface area contributed by atoms with Crippen molar-refractivity contribution in [1.82, 2.24) is 15.0 Å². The van der Waals surface area contributed by atoms with Crippen LogP contribution in [0.25, 0.3) is 99.6 Å². The van der Waals surface area contributed by atoms with Crippen LogP contribution in [-0.2, 0) is 0 Å². The van der Waals surface area contributed by atoms with Crippen molar-refractivity contribution in [3.05, 3.63) is 200 Å². The third-order valence-corrected chi connectivity index (χ3v) is 10.4. The van der Waals surface area contributed by atoms with Gasteiger partial charge in [0.1, 0.15) is 0 Å². The molecule has 10 aromatic rings. The van der Waals surface area contributed by atoms with Gasteiger partial charge in [-0.2, -0.15) is 0 Å². The van der Waals surface area contributed by atoms with Gasteiger partial charge >= 0.3 is 0 Å². The van der Waals surface area contributed by atoms with Crippen LogP contribution in [0.5, 0.6) is 0 Å². The number of aromatic nitrogens is 3. The fourth-order valence-electron chi connectivity index (χ4n) is 7.95. The predicted molar refractivity (Wildman–Crippen MR) is 225 cm³/mol. The second-order valence-corrected chi connectivity index (χ2v) is 13.5. The van der Waals surface area contributed by atoms with Crippen LogP contribution in [0.2, 0.25) is 0 Å². The van der Waals surface area contributed by atoms with Gasteiger partial charge < -0.3 is 0 Å². The molecule has 2 heterocycles. The number of fused-ring (bicyclic) bond motifs is 3. The maximum atomic E-state index is 5.16. The first-order valence-electron chi connectivity index (χ1n) is 18.3. The summed E-state index contributed by atoms with van der Waals surface area (Å²) in [6, 6.07) is 66.6. The first-order chi connectivity index (χ1) is 26.8. The lowest BCUT2D eigenvalue weighted by atomic mass is 9.83. The molecule has 8 aromatic carbocycles. The lowest BCUT2D eigenvalue weighted by molar-refractivity contribution is 1.29. The van der Waals surface area contributed by atoms with Crippen molar-refractivity contribution in [3.8, 4) is 67.0 Å². The summed E-state index contributed by atoms with van der Waals surface area (Å²) in [5, 5.41) is 4.86. The molecule has 0 saturated carbocycles. The van der Waals surface area contributed by atoms with E-state index in [-0.39, 0.29) is 0 Å². The summed E-state index contributed by atoms with van der Waals surface area (Å²) >= 11 is 0. The summed E-state index contributed by atoms with van der Waals surface area (Å²) in [6.07, 6.45) is 3.77. The van der Waals surface area contributed by atoms with E-state index in [9.17, 15) is 0 Å². The summed E-state index contributed by atoms with van der Waals surface area (Å²) in [5.74, 6) is 0. The number of para-hydroxylation sites is 2. The van der Waals surface area contributed by atoms with Gasteiger partial charge in [0.2, 0.25) is 0 Å². The largest absolute Gasteiger partial charge is 0.264 e. The lowest BCUT2D eigenvalue weighted by Gasteiger charge is -2.20. The molecule has 0 aliphatic heterocycles. The van der Waals surface area contributed by atoms with Gasteiger partial charge in [0.15, 0.2) is 0 Å². The van der Waals surface area contributed by atoms with Crippen molar-refractivity contribution >= 4 is 32.6 Å². The highest BCUT2D eigenvalue weighted by Gasteiger charge is 2.20. The minimum Gasteiger partial charge on any atom is -0.264 e. The SMILES string of the molecule is c1ccc(-c2nc3ccccc3nc2-c2ccc(-c3c4ccccc4c(-c4ccccc4-c4ccccc4-c4cccnc4)c4ccccc34)cc2)cc1. The fraction of sp³-hybridized carbons (Fsp3) is 0. The van der Waals surface area contributed by atoms with Crippen molar-refractivity contribution in [2.24, 2.45) is 0 Å². The zero-order chi connectivity index (χ0) is 35.8. The molecule has 0 fully saturated rings. The standard InChI is InChI=1S/C51H33N3/c1-2-15-35(16-3-1)50-51(54-47-27-13-12-26-46(47)53-50)36-30-28-34(29-31-36)48-42-22-8-10-24-44(42)49(45-25-11-9-23-43(45)48)41-21-7-6-20-40(41)39-19-5-4-18-38(39)37-17-14-32-52-33-37/h1-33H. The molecule has 3 nitrogen and oxygen atoms in total. The molecule has 0 aliphatic carbocycles. The maximum absolute atomic E-state index is 5.16. The highest BCUT2D eigenvalue weighted by Crippen LogP contribution is 2.47. The Bertz CT molecular complexity index is 2910. The summed E-state index contributed by atoms with van der Waals surface area (Å²) in [6.45, 7) is 0. The van der Waals surface area contributed by atoms with E-state index in [1.165, 1.54) is 49.4 Å². The Balaban J connectivity index is 1.17. The maximum Gasteiger partial charge on any atom is 0.0973 e. The topological polar surface area (TPSA) is 38.7 Å². The Kier molecular flexibility index (Phi) is 7.81. The lowest BCUT2D eigenvalue weighted by Crippen LogP contribution is -1.96. The van der Waals surface area contributed by atoms with Crippen LogP contribution in [0.3, 0.4) is 0 Å². The van der Waals surface area contributed by atoms with Crippen LogP contribution < -0.4 is 0 Å². The smallest absolute Gasteiger partial charge is 0.0973 e. The Labute approximate surface area is 313 Å². The highest BCUT2D eigenvalue weighted by molar-refractivity contribution is 6.22. The van der Waals surface area contributed by atoms with E-state index in [0.717, 1.165) is 50.2 Å². The van der Waals surface area contributed by atoms with Gasteiger partial charge in [0.25, 0.3) is 0 Å². The van der Waals surface area contributed by atoms with Crippen molar-refractivity contribution in [2.45, 2.75) is 0 Å². The van der Waals surface area contributed by atoms with Crippen LogP contribution in [0.15, 0.2) is 200 Å². The summed E-state index contributed by atoms with van der Waals surface area (Å²) in [7, 11) is 0. The number of benzene rings is 8. The van der Waals surface area contributed by atoms with E-state index in [2.05, 4.69) is 157 Å². The number of rotatable bonds is 6. The van der Waals surface area contributed by atoms with E-state index in [0.29, 0.717) is 0 Å². The Morgan fingerprint density at radius 1 is 0.278 bits per heavy atom. The molecule has 0 amide bonds. The van der Waals surface area contributed by atoms with E-state index in [1.807, 2.05) is 48.8 Å². The molecule has 0 N–H and O–H groups in total. The monoisotopic (exact) mass is 687 g/mol. The van der Waals surface area contributed by atoms with Crippen molar-refractivity contribution in [2.75, 3.05) is 0 Å². The molecule has 54 heavy (non-hydrogen) atoms. The summed E-state index contributed by atoms with van der Waals surface area (Å²) in [4.78, 5) is 14.7. The van der Waals surface area contributed by atoms with Crippen molar-refractivity contribution < 1.29 is 0 Å². The third-order valence-electron chi connectivity index (χ3n) is 10.4. The second-order valence-electron chi connectivity index (χ2n) is 13.5. The second kappa shape index (κ2) is 13.4. The molecular weight excluding hydrogens is 655 g/mol. The van der Waals surface area contributed by atoms with Crippen LogP contribution >= 0.6 is 0 Å². The molecule has 0 bridgehead atoms. The normalized spacial score (nSPS) is 11.3. The molecular formula is C51H33N3. The van der Waals surface area contributed by atoms with Gasteiger partial charge in [0.05, 0.1) is 22.4 Å². The zero-order valence-electron chi connectivity index (χ0n) is 29.4. The number of pyridine rings is 1. The van der Waals surface area contributed by atoms with Gasteiger partial charge in [-0.05, 0) is 78.7 Å². The van der Waals surface area contributed by atoms with Crippen LogP contribution in [0.1, 0.15) is 0 Å². The summed E-state index contributed by atoms with van der Waals surface area (Å²) in [5.41, 5.74) is 15.0. The Morgan fingerprint density at radius 2 is 0.704 bits per heavy atom. The quantitative estimate of drug-likeness (QED) is 0.163. The van der Waals surface area contributed by atoms with Crippen LogP contribution in [-0.4, -0.2) is 15.0 Å². The highest BCUT2D eigenvalue weighted by atomic mass is 14.8. The van der Waals surface area contributed by atoms with E-state index < -0.39 is 0 Å². The molecule has 3 heteroatoms. The number of hydrogen-bond acceptors (Lipinski definition) is 3. The molecule has 0 atom stereocenters. The van der Waals surface area contributed by atoms with Crippen molar-refractivity contribution in [1.29, 1.82) is 0 Å². The van der Waals surface area contributed by atoms with E-state index in [4.69, 9.17) is 9.97 Å². The van der Waals surface area contributed by atoms with Gasteiger partial charge in [-0.15, -0.1) is 0 Å². The number of nitrogens with zero attached hydrogens (tertiary/aromatic N) is 3. The molecule has 0 radical (unpaired) electrons. The molecule has 2 aromatic heterocycles. The molecule has 0 saturated heterocycles. The molecule has 0 spiro atoms. The minimum atomic E-state index is 0.875. The first kappa shape index (κ1) is 31.5. The van der Waals surface area contributed by atoms with Gasteiger partial charge in [-0.25, -0.2) is 9.97 Å². The third kappa shape index (κ3) is 5.42. The summed E-state index contributed by atoms with van der Waals surface area (Å²) < 4.78 is 0. The Hall–Kier alpha value is -7.23. The molecule has 252 valence electrons. The average Bonchev–Trinajstić information content (AvgIpc) is 3.26. The van der Waals surface area contributed by atoms with Crippen LogP contribution in [0.4, 0.5) is 0 Å². The molecule has 0 aliphatic rings. The van der Waals surface area contributed by atoms with Gasteiger partial charge in [-0.3, -0.25) is 4.98 Å². The zero-order valence-corrected chi connectivity index (χ0v) is 29.4. The van der Waals surface area contributed by atoms with Gasteiger partial charge in [0, 0.05) is 29.1 Å². The Morgan fingerprint density at radius 3 is 1.28 bits per heavy atom. The van der Waals surface area contributed by atoms with Crippen molar-refractivity contribution in [3.63, 3.8) is 0 Å². The number of hydrogen-bond donors (Lipinski definition) is 0. The molecule has 0 unspecified atom stereocenters. The van der Waals surface area contributed by atoms with Gasteiger partial charge in [-0.1, -0.05) is 170 Å². The van der Waals surface area contributed by atoms with E-state index >= 15 is 0 Å². The molecule has 10 rings (SSSR count). The van der Waals surface area contributed by atoms with Crippen LogP contribution in [0, 0.1) is 0 Å². The fourth-order valence-corrected chi connectivity index (χ4v) is 7.95. The first-order valence-corrected chi connectivity index (χ1v) is 18.3. The van der Waals surface area contributed by atoms with E-state index in [1.54, 1.807) is 0 Å².